The molecule has 0 saturated heterocycles. The molecule has 0 bridgehead atoms. The highest BCUT2D eigenvalue weighted by Gasteiger charge is 2.17. The van der Waals surface area contributed by atoms with Crippen LogP contribution in [0.25, 0.3) is 22.3 Å². The Kier molecular flexibility index (Phi) is 3.25. The molecule has 21 heavy (non-hydrogen) atoms. The van der Waals surface area contributed by atoms with Gasteiger partial charge in [-0.15, -0.1) is 0 Å². The van der Waals surface area contributed by atoms with E-state index in [1.807, 2.05) is 48.9 Å². The number of rotatable bonds is 4. The van der Waals surface area contributed by atoms with E-state index in [-0.39, 0.29) is 12.3 Å². The summed E-state index contributed by atoms with van der Waals surface area (Å²) >= 11 is 0. The number of aromatic nitrogens is 2. The Bertz CT molecular complexity index is 781. The van der Waals surface area contributed by atoms with Gasteiger partial charge in [0.25, 0.3) is 0 Å². The van der Waals surface area contributed by atoms with E-state index in [4.69, 9.17) is 10.2 Å². The van der Waals surface area contributed by atoms with Gasteiger partial charge in [0.05, 0.1) is 11.3 Å². The highest BCUT2D eigenvalue weighted by atomic mass is 16.3. The summed E-state index contributed by atoms with van der Waals surface area (Å²) in [5, 5.41) is 5.54. The van der Waals surface area contributed by atoms with Gasteiger partial charge in [-0.2, -0.15) is 5.10 Å². The fourth-order valence-electron chi connectivity index (χ4n) is 2.59. The van der Waals surface area contributed by atoms with Crippen molar-refractivity contribution in [1.29, 1.82) is 0 Å². The Morgan fingerprint density at radius 1 is 1.33 bits per heavy atom. The minimum atomic E-state index is -0.326. The van der Waals surface area contributed by atoms with Crippen LogP contribution >= 0.6 is 0 Å². The molecule has 2 heterocycles. The van der Waals surface area contributed by atoms with Crippen molar-refractivity contribution in [3.63, 3.8) is 0 Å². The van der Waals surface area contributed by atoms with Crippen molar-refractivity contribution in [2.45, 2.75) is 26.8 Å². The highest BCUT2D eigenvalue weighted by molar-refractivity contribution is 5.83. The summed E-state index contributed by atoms with van der Waals surface area (Å²) in [5.74, 6) is 0.476. The maximum Gasteiger partial charge on any atom is 0.219 e. The lowest BCUT2D eigenvalue weighted by Crippen LogP contribution is -2.15. The number of nitrogens with zero attached hydrogens (tertiary/aromatic N) is 2. The second-order valence-electron chi connectivity index (χ2n) is 5.13. The number of hydrogen-bond donors (Lipinski definition) is 1. The number of fused-ring (bicyclic) bond motifs is 1. The predicted octanol–water partition coefficient (Wildman–Crippen LogP) is 2.79. The molecule has 1 aromatic carbocycles. The van der Waals surface area contributed by atoms with E-state index in [1.165, 1.54) is 0 Å². The molecule has 0 fully saturated rings. The Labute approximate surface area is 122 Å². The quantitative estimate of drug-likeness (QED) is 0.800. The van der Waals surface area contributed by atoms with Gasteiger partial charge in [-0.1, -0.05) is 18.2 Å². The summed E-state index contributed by atoms with van der Waals surface area (Å²) in [6.45, 7) is 4.40. The van der Waals surface area contributed by atoms with Crippen molar-refractivity contribution in [3.8, 4) is 11.3 Å². The van der Waals surface area contributed by atoms with Crippen molar-refractivity contribution in [2.75, 3.05) is 0 Å². The normalized spacial score (nSPS) is 11.1. The molecule has 0 unspecified atom stereocenters. The van der Waals surface area contributed by atoms with E-state index >= 15 is 0 Å². The Hall–Kier alpha value is -2.56. The Balaban J connectivity index is 2.03. The standard InChI is InChI=1S/C16H17N3O2/c1-10-16(11(2)19(18-10)8-7-15(17)20)14-9-12-5-3-4-6-13(12)21-14/h3-6,9H,7-8H2,1-2H3,(H2,17,20). The van der Waals surface area contributed by atoms with Crippen LogP contribution in [0.15, 0.2) is 34.7 Å². The Morgan fingerprint density at radius 2 is 2.10 bits per heavy atom. The maximum absolute atomic E-state index is 10.9. The minimum Gasteiger partial charge on any atom is -0.456 e. The zero-order valence-electron chi connectivity index (χ0n) is 12.1. The molecule has 3 aromatic rings. The molecule has 3 rings (SSSR count). The minimum absolute atomic E-state index is 0.279. The van der Waals surface area contributed by atoms with Crippen molar-refractivity contribution >= 4 is 16.9 Å². The van der Waals surface area contributed by atoms with Gasteiger partial charge in [0, 0.05) is 24.0 Å². The molecule has 0 aliphatic heterocycles. The van der Waals surface area contributed by atoms with Gasteiger partial charge in [0.1, 0.15) is 11.3 Å². The third-order valence-corrected chi connectivity index (χ3v) is 3.62. The van der Waals surface area contributed by atoms with Gasteiger partial charge in [0.2, 0.25) is 5.91 Å². The monoisotopic (exact) mass is 283 g/mol. The first-order valence-electron chi connectivity index (χ1n) is 6.87. The number of primary amides is 1. The summed E-state index contributed by atoms with van der Waals surface area (Å²) < 4.78 is 7.72. The number of benzene rings is 1. The van der Waals surface area contributed by atoms with Crippen LogP contribution in [0.2, 0.25) is 0 Å². The van der Waals surface area contributed by atoms with Crippen LogP contribution in [0, 0.1) is 13.8 Å². The molecule has 0 aliphatic carbocycles. The van der Waals surface area contributed by atoms with Gasteiger partial charge in [-0.3, -0.25) is 9.48 Å². The number of amides is 1. The van der Waals surface area contributed by atoms with E-state index in [2.05, 4.69) is 5.10 Å². The lowest BCUT2D eigenvalue weighted by Gasteiger charge is -2.02. The number of furan rings is 1. The Morgan fingerprint density at radius 3 is 2.81 bits per heavy atom. The molecule has 0 aliphatic rings. The second-order valence-corrected chi connectivity index (χ2v) is 5.13. The molecule has 1 amide bonds. The number of hydrogen-bond acceptors (Lipinski definition) is 3. The summed E-state index contributed by atoms with van der Waals surface area (Å²) in [5.41, 5.74) is 8.90. The van der Waals surface area contributed by atoms with Gasteiger partial charge >= 0.3 is 0 Å². The summed E-state index contributed by atoms with van der Waals surface area (Å²) in [6.07, 6.45) is 0.279. The van der Waals surface area contributed by atoms with Crippen LogP contribution < -0.4 is 5.73 Å². The SMILES string of the molecule is Cc1nn(CCC(N)=O)c(C)c1-c1cc2ccccc2o1. The number of carbonyl (C=O) groups excluding carboxylic acids is 1. The first-order valence-corrected chi connectivity index (χ1v) is 6.87. The van der Waals surface area contributed by atoms with Crippen molar-refractivity contribution in [3.05, 3.63) is 41.7 Å². The number of nitrogens with two attached hydrogens (primary N) is 1. The largest absolute Gasteiger partial charge is 0.456 e. The average molecular weight is 283 g/mol. The zero-order valence-corrected chi connectivity index (χ0v) is 12.1. The lowest BCUT2D eigenvalue weighted by atomic mass is 10.1. The van der Waals surface area contributed by atoms with E-state index in [0.717, 1.165) is 33.7 Å². The van der Waals surface area contributed by atoms with Crippen LogP contribution in [0.5, 0.6) is 0 Å². The van der Waals surface area contributed by atoms with Gasteiger partial charge in [-0.05, 0) is 26.0 Å². The third kappa shape index (κ3) is 2.42. The van der Waals surface area contributed by atoms with E-state index in [0.29, 0.717) is 6.54 Å². The van der Waals surface area contributed by atoms with Crippen LogP contribution in [0.4, 0.5) is 0 Å². The van der Waals surface area contributed by atoms with Crippen LogP contribution in [-0.2, 0) is 11.3 Å². The first-order chi connectivity index (χ1) is 10.1. The fraction of sp³-hybridized carbons (Fsp3) is 0.250. The molecule has 0 saturated carbocycles. The molecule has 0 spiro atoms. The molecule has 5 nitrogen and oxygen atoms in total. The highest BCUT2D eigenvalue weighted by Crippen LogP contribution is 2.32. The van der Waals surface area contributed by atoms with Gasteiger partial charge < -0.3 is 10.2 Å². The summed E-state index contributed by atoms with van der Waals surface area (Å²) in [4.78, 5) is 10.9. The lowest BCUT2D eigenvalue weighted by molar-refractivity contribution is -0.118. The molecule has 0 radical (unpaired) electrons. The molecular formula is C16H17N3O2. The number of para-hydroxylation sites is 1. The van der Waals surface area contributed by atoms with Gasteiger partial charge in [0.15, 0.2) is 0 Å². The maximum atomic E-state index is 10.9. The fourth-order valence-corrected chi connectivity index (χ4v) is 2.59. The molecule has 108 valence electrons. The van der Waals surface area contributed by atoms with Crippen molar-refractivity contribution in [2.24, 2.45) is 5.73 Å². The number of carbonyl (C=O) groups is 1. The summed E-state index contributed by atoms with van der Waals surface area (Å²) in [6, 6.07) is 9.92. The van der Waals surface area contributed by atoms with Crippen LogP contribution in [0.3, 0.4) is 0 Å². The topological polar surface area (TPSA) is 74.1 Å². The summed E-state index contributed by atoms with van der Waals surface area (Å²) in [7, 11) is 0. The molecule has 0 atom stereocenters. The first kappa shape index (κ1) is 13.4. The third-order valence-electron chi connectivity index (χ3n) is 3.62. The molecular weight excluding hydrogens is 266 g/mol. The zero-order chi connectivity index (χ0) is 15.0. The van der Waals surface area contributed by atoms with E-state index in [9.17, 15) is 4.79 Å². The second kappa shape index (κ2) is 5.09. The molecule has 5 heteroatoms. The average Bonchev–Trinajstić information content (AvgIpc) is 2.97. The van der Waals surface area contributed by atoms with Crippen LogP contribution in [-0.4, -0.2) is 15.7 Å². The van der Waals surface area contributed by atoms with Gasteiger partial charge in [-0.25, -0.2) is 0 Å². The van der Waals surface area contributed by atoms with E-state index < -0.39 is 0 Å². The van der Waals surface area contributed by atoms with Crippen molar-refractivity contribution in [1.82, 2.24) is 9.78 Å². The molecule has 2 N–H and O–H groups in total. The predicted molar refractivity (Wildman–Crippen MR) is 80.7 cm³/mol. The molecule has 2 aromatic heterocycles. The smallest absolute Gasteiger partial charge is 0.219 e. The van der Waals surface area contributed by atoms with Crippen LogP contribution in [0.1, 0.15) is 17.8 Å². The number of aryl methyl sites for hydroxylation is 2. The van der Waals surface area contributed by atoms with Crippen molar-refractivity contribution < 1.29 is 9.21 Å². The van der Waals surface area contributed by atoms with E-state index in [1.54, 1.807) is 0 Å².